The van der Waals surface area contributed by atoms with Gasteiger partial charge >= 0.3 is 0 Å². The first-order chi connectivity index (χ1) is 7.36. The molecule has 1 atom stereocenters. The lowest BCUT2D eigenvalue weighted by Crippen LogP contribution is -2.26. The molecule has 0 aliphatic carbocycles. The standard InChI is InChI=1S/C13H18ClFO/c1-13(2,3)10(8-16)7-9-5-4-6-11(15)12(9)14/h4-6,10,16H,7-8H2,1-3H3. The molecule has 3 heteroatoms. The topological polar surface area (TPSA) is 20.2 Å². The number of aliphatic hydroxyl groups is 1. The van der Waals surface area contributed by atoms with E-state index in [4.69, 9.17) is 11.6 Å². The van der Waals surface area contributed by atoms with Crippen LogP contribution in [0.4, 0.5) is 4.39 Å². The Morgan fingerprint density at radius 3 is 2.50 bits per heavy atom. The average Bonchev–Trinajstić information content (AvgIpc) is 2.18. The van der Waals surface area contributed by atoms with Crippen molar-refractivity contribution in [2.45, 2.75) is 27.2 Å². The Morgan fingerprint density at radius 2 is 2.00 bits per heavy atom. The third-order valence-electron chi connectivity index (χ3n) is 2.94. The van der Waals surface area contributed by atoms with Crippen LogP contribution in [0.2, 0.25) is 5.02 Å². The van der Waals surface area contributed by atoms with Gasteiger partial charge in [0.05, 0.1) is 5.02 Å². The largest absolute Gasteiger partial charge is 0.396 e. The van der Waals surface area contributed by atoms with Gasteiger partial charge in [0.1, 0.15) is 5.82 Å². The van der Waals surface area contributed by atoms with E-state index in [9.17, 15) is 9.50 Å². The zero-order valence-corrected chi connectivity index (χ0v) is 10.7. The molecule has 0 aromatic heterocycles. The van der Waals surface area contributed by atoms with Gasteiger partial charge in [0.15, 0.2) is 0 Å². The first-order valence-corrected chi connectivity index (χ1v) is 5.77. The molecule has 0 amide bonds. The van der Waals surface area contributed by atoms with Crippen molar-refractivity contribution in [2.24, 2.45) is 11.3 Å². The molecule has 1 aromatic rings. The smallest absolute Gasteiger partial charge is 0.142 e. The van der Waals surface area contributed by atoms with Gasteiger partial charge in [0, 0.05) is 6.61 Å². The highest BCUT2D eigenvalue weighted by molar-refractivity contribution is 6.31. The molecular weight excluding hydrogens is 227 g/mol. The Bertz CT molecular complexity index is 357. The Kier molecular flexibility index (Phi) is 4.34. The molecule has 0 fully saturated rings. The predicted molar refractivity (Wildman–Crippen MR) is 65.1 cm³/mol. The summed E-state index contributed by atoms with van der Waals surface area (Å²) in [6.45, 7) is 6.25. The Morgan fingerprint density at radius 1 is 1.38 bits per heavy atom. The normalized spacial score (nSPS) is 13.9. The lowest BCUT2D eigenvalue weighted by atomic mass is 9.78. The second-order valence-corrected chi connectivity index (χ2v) is 5.54. The summed E-state index contributed by atoms with van der Waals surface area (Å²) < 4.78 is 13.2. The second kappa shape index (κ2) is 5.15. The van der Waals surface area contributed by atoms with Crippen LogP contribution >= 0.6 is 11.6 Å². The minimum Gasteiger partial charge on any atom is -0.396 e. The summed E-state index contributed by atoms with van der Waals surface area (Å²) in [4.78, 5) is 0. The van der Waals surface area contributed by atoms with Crippen molar-refractivity contribution in [3.63, 3.8) is 0 Å². The van der Waals surface area contributed by atoms with Crippen LogP contribution < -0.4 is 0 Å². The van der Waals surface area contributed by atoms with E-state index < -0.39 is 5.82 Å². The van der Waals surface area contributed by atoms with Crippen LogP contribution in [-0.2, 0) is 6.42 Å². The monoisotopic (exact) mass is 244 g/mol. The zero-order chi connectivity index (χ0) is 12.3. The summed E-state index contributed by atoms with van der Waals surface area (Å²) in [6, 6.07) is 4.80. The fraction of sp³-hybridized carbons (Fsp3) is 0.538. The minimum absolute atomic E-state index is 0.0234. The van der Waals surface area contributed by atoms with Gasteiger partial charge in [-0.1, -0.05) is 44.5 Å². The second-order valence-electron chi connectivity index (χ2n) is 5.16. The van der Waals surface area contributed by atoms with Gasteiger partial charge < -0.3 is 5.11 Å². The Balaban J connectivity index is 2.91. The van der Waals surface area contributed by atoms with Crippen molar-refractivity contribution in [3.05, 3.63) is 34.6 Å². The molecule has 1 N–H and O–H groups in total. The zero-order valence-electron chi connectivity index (χ0n) is 9.93. The van der Waals surface area contributed by atoms with Crippen LogP contribution in [0.5, 0.6) is 0 Å². The van der Waals surface area contributed by atoms with E-state index in [1.54, 1.807) is 12.1 Å². The first-order valence-electron chi connectivity index (χ1n) is 5.40. The Hall–Kier alpha value is -0.600. The van der Waals surface area contributed by atoms with Gasteiger partial charge in [-0.15, -0.1) is 0 Å². The molecule has 1 nitrogen and oxygen atoms in total. The molecule has 1 rings (SSSR count). The van der Waals surface area contributed by atoms with Gasteiger partial charge in [0.2, 0.25) is 0 Å². The van der Waals surface area contributed by atoms with Crippen molar-refractivity contribution in [1.82, 2.24) is 0 Å². The molecule has 0 spiro atoms. The molecule has 90 valence electrons. The summed E-state index contributed by atoms with van der Waals surface area (Å²) in [7, 11) is 0. The van der Waals surface area contributed by atoms with Crippen LogP contribution in [-0.4, -0.2) is 11.7 Å². The molecule has 0 bridgehead atoms. The van der Waals surface area contributed by atoms with Gasteiger partial charge in [-0.3, -0.25) is 0 Å². The van der Waals surface area contributed by atoms with E-state index in [0.29, 0.717) is 6.42 Å². The summed E-state index contributed by atoms with van der Waals surface area (Å²) in [5.41, 5.74) is 0.736. The summed E-state index contributed by atoms with van der Waals surface area (Å²) in [5, 5.41) is 9.52. The fourth-order valence-corrected chi connectivity index (χ4v) is 1.82. The van der Waals surface area contributed by atoms with E-state index in [1.807, 2.05) is 0 Å². The molecule has 0 radical (unpaired) electrons. The van der Waals surface area contributed by atoms with Gasteiger partial charge in [-0.05, 0) is 29.4 Å². The predicted octanol–water partition coefficient (Wildman–Crippen LogP) is 3.68. The van der Waals surface area contributed by atoms with E-state index in [-0.39, 0.29) is 23.0 Å². The number of rotatable bonds is 3. The SMILES string of the molecule is CC(C)(C)C(CO)Cc1cccc(F)c1Cl. The van der Waals surface area contributed by atoms with Gasteiger partial charge in [-0.25, -0.2) is 4.39 Å². The summed E-state index contributed by atoms with van der Waals surface area (Å²) in [5.74, 6) is -0.323. The van der Waals surface area contributed by atoms with Crippen LogP contribution in [0.1, 0.15) is 26.3 Å². The first kappa shape index (κ1) is 13.5. The number of halogens is 2. The molecule has 1 unspecified atom stereocenters. The molecule has 1 aromatic carbocycles. The van der Waals surface area contributed by atoms with Crippen LogP contribution in [0.3, 0.4) is 0 Å². The Labute approximate surface area is 101 Å². The highest BCUT2D eigenvalue weighted by atomic mass is 35.5. The number of hydrogen-bond donors (Lipinski definition) is 1. The number of benzene rings is 1. The third kappa shape index (κ3) is 3.19. The maximum Gasteiger partial charge on any atom is 0.142 e. The van der Waals surface area contributed by atoms with Crippen molar-refractivity contribution < 1.29 is 9.50 Å². The maximum absolute atomic E-state index is 13.2. The van der Waals surface area contributed by atoms with E-state index in [2.05, 4.69) is 20.8 Å². The summed E-state index contributed by atoms with van der Waals surface area (Å²) >= 11 is 5.89. The van der Waals surface area contributed by atoms with Crippen molar-refractivity contribution in [1.29, 1.82) is 0 Å². The van der Waals surface area contributed by atoms with Gasteiger partial charge in [0.25, 0.3) is 0 Å². The van der Waals surface area contributed by atoms with Crippen molar-refractivity contribution in [2.75, 3.05) is 6.61 Å². The molecule has 0 aliphatic heterocycles. The minimum atomic E-state index is -0.398. The van der Waals surface area contributed by atoms with Crippen LogP contribution in [0.25, 0.3) is 0 Å². The highest BCUT2D eigenvalue weighted by Gasteiger charge is 2.25. The van der Waals surface area contributed by atoms with Crippen molar-refractivity contribution in [3.8, 4) is 0 Å². The highest BCUT2D eigenvalue weighted by Crippen LogP contribution is 2.31. The van der Waals surface area contributed by atoms with E-state index in [0.717, 1.165) is 5.56 Å². The summed E-state index contributed by atoms with van der Waals surface area (Å²) in [6.07, 6.45) is 0.594. The van der Waals surface area contributed by atoms with Crippen LogP contribution in [0.15, 0.2) is 18.2 Å². The molecule has 0 saturated carbocycles. The molecule has 0 aliphatic rings. The van der Waals surface area contributed by atoms with Crippen LogP contribution in [0, 0.1) is 17.2 Å². The average molecular weight is 245 g/mol. The molecular formula is C13H18ClFO. The molecule has 16 heavy (non-hydrogen) atoms. The molecule has 0 heterocycles. The fourth-order valence-electron chi connectivity index (χ4n) is 1.62. The lowest BCUT2D eigenvalue weighted by Gasteiger charge is -2.29. The van der Waals surface area contributed by atoms with E-state index in [1.165, 1.54) is 6.07 Å². The maximum atomic E-state index is 13.2. The molecule has 0 saturated heterocycles. The van der Waals surface area contributed by atoms with Crippen molar-refractivity contribution >= 4 is 11.6 Å². The van der Waals surface area contributed by atoms with E-state index >= 15 is 0 Å². The van der Waals surface area contributed by atoms with Gasteiger partial charge in [-0.2, -0.15) is 0 Å². The quantitative estimate of drug-likeness (QED) is 0.860. The lowest BCUT2D eigenvalue weighted by molar-refractivity contribution is 0.131. The third-order valence-corrected chi connectivity index (χ3v) is 3.37. The number of aliphatic hydroxyl groups excluding tert-OH is 1. The number of hydrogen-bond acceptors (Lipinski definition) is 1.